The van der Waals surface area contributed by atoms with Crippen LogP contribution in [0, 0.1) is 29.4 Å². The van der Waals surface area contributed by atoms with Gasteiger partial charge in [-0.05, 0) is 66.4 Å². The quantitative estimate of drug-likeness (QED) is 0.357. The van der Waals surface area contributed by atoms with Crippen molar-refractivity contribution in [3.63, 3.8) is 0 Å². The van der Waals surface area contributed by atoms with Crippen LogP contribution >= 0.6 is 0 Å². The normalized spacial score (nSPS) is 26.1. The fourth-order valence-electron chi connectivity index (χ4n) is 6.27. The molecule has 2 aliphatic carbocycles. The van der Waals surface area contributed by atoms with E-state index < -0.39 is 23.7 Å². The monoisotopic (exact) mass is 482 g/mol. The van der Waals surface area contributed by atoms with E-state index in [4.69, 9.17) is 0 Å². The van der Waals surface area contributed by atoms with Crippen LogP contribution in [-0.4, -0.2) is 6.36 Å². The molecule has 2 fully saturated rings. The highest BCUT2D eigenvalue weighted by Gasteiger charge is 2.34. The minimum absolute atomic E-state index is 0.0632. The molecule has 0 amide bonds. The van der Waals surface area contributed by atoms with Crippen molar-refractivity contribution in [1.29, 1.82) is 0 Å². The van der Waals surface area contributed by atoms with Gasteiger partial charge in [0, 0.05) is 5.39 Å². The molecule has 0 unspecified atom stereocenters. The van der Waals surface area contributed by atoms with E-state index in [2.05, 4.69) is 11.7 Å². The minimum Gasteiger partial charge on any atom is -0.399 e. The predicted octanol–water partition coefficient (Wildman–Crippen LogP) is 9.68. The molecule has 0 atom stereocenters. The molecule has 0 heterocycles. The summed E-state index contributed by atoms with van der Waals surface area (Å²) in [5.74, 6) is -1.14. The first-order valence-electron chi connectivity index (χ1n) is 12.9. The van der Waals surface area contributed by atoms with E-state index in [1.807, 2.05) is 0 Å². The second kappa shape index (κ2) is 10.8. The van der Waals surface area contributed by atoms with Crippen LogP contribution in [0.15, 0.2) is 24.3 Å². The Morgan fingerprint density at radius 3 is 1.91 bits per heavy atom. The molecule has 2 aliphatic rings. The van der Waals surface area contributed by atoms with E-state index in [9.17, 15) is 22.0 Å². The molecule has 2 aromatic carbocycles. The molecule has 4 rings (SSSR count). The van der Waals surface area contributed by atoms with Gasteiger partial charge in [-0.2, -0.15) is 0 Å². The minimum atomic E-state index is -5.15. The molecule has 2 saturated carbocycles. The summed E-state index contributed by atoms with van der Waals surface area (Å²) in [4.78, 5) is 0. The third-order valence-corrected chi connectivity index (χ3v) is 8.19. The number of benzene rings is 2. The Bertz CT molecular complexity index is 953. The standard InChI is InChI=1S/C28H35F5O/c1-2-3-18-4-6-19(7-5-18)8-9-20-10-12-21(13-11-20)22-14-15-24-23(16-22)17-25(29)27(26(24)30)34-28(31,32)33/h14-21H,2-13H2,1H3. The zero-order valence-electron chi connectivity index (χ0n) is 19.9. The van der Waals surface area contributed by atoms with E-state index >= 15 is 0 Å². The van der Waals surface area contributed by atoms with Crippen molar-refractivity contribution in [3.8, 4) is 5.75 Å². The maximum absolute atomic E-state index is 14.5. The first-order valence-corrected chi connectivity index (χ1v) is 12.9. The molecule has 0 radical (unpaired) electrons. The molecule has 6 heteroatoms. The van der Waals surface area contributed by atoms with E-state index in [0.717, 1.165) is 55.1 Å². The summed E-state index contributed by atoms with van der Waals surface area (Å²) >= 11 is 0. The van der Waals surface area contributed by atoms with Crippen molar-refractivity contribution < 1.29 is 26.7 Å². The number of fused-ring (bicyclic) bond motifs is 1. The highest BCUT2D eigenvalue weighted by Crippen LogP contribution is 2.41. The molecule has 0 spiro atoms. The summed E-state index contributed by atoms with van der Waals surface area (Å²) in [6.07, 6.45) is 10.2. The van der Waals surface area contributed by atoms with Gasteiger partial charge in [-0.1, -0.05) is 76.5 Å². The van der Waals surface area contributed by atoms with Gasteiger partial charge in [-0.3, -0.25) is 0 Å². The fraction of sp³-hybridized carbons (Fsp3) is 0.643. The predicted molar refractivity (Wildman–Crippen MR) is 125 cm³/mol. The Labute approximate surface area is 199 Å². The highest BCUT2D eigenvalue weighted by atomic mass is 19.4. The van der Waals surface area contributed by atoms with Crippen LogP contribution in [0.4, 0.5) is 22.0 Å². The molecule has 0 bridgehead atoms. The number of alkyl halides is 3. The van der Waals surface area contributed by atoms with Gasteiger partial charge in [0.1, 0.15) is 0 Å². The zero-order chi connectivity index (χ0) is 24.3. The third kappa shape index (κ3) is 6.23. The van der Waals surface area contributed by atoms with Crippen molar-refractivity contribution in [2.45, 2.75) is 96.3 Å². The summed E-state index contributed by atoms with van der Waals surface area (Å²) in [7, 11) is 0. The molecule has 188 valence electrons. The molecule has 34 heavy (non-hydrogen) atoms. The van der Waals surface area contributed by atoms with Crippen LogP contribution in [0.2, 0.25) is 0 Å². The van der Waals surface area contributed by atoms with E-state index in [0.29, 0.717) is 5.92 Å². The molecule has 0 saturated heterocycles. The van der Waals surface area contributed by atoms with E-state index in [-0.39, 0.29) is 10.8 Å². The topological polar surface area (TPSA) is 9.23 Å². The fourth-order valence-corrected chi connectivity index (χ4v) is 6.27. The van der Waals surface area contributed by atoms with Crippen LogP contribution in [0.3, 0.4) is 0 Å². The van der Waals surface area contributed by atoms with Crippen LogP contribution < -0.4 is 4.74 Å². The maximum Gasteiger partial charge on any atom is 0.573 e. The van der Waals surface area contributed by atoms with Crippen molar-refractivity contribution in [1.82, 2.24) is 0 Å². The number of halogens is 5. The summed E-state index contributed by atoms with van der Waals surface area (Å²) < 4.78 is 69.7. The second-order valence-electron chi connectivity index (χ2n) is 10.5. The second-order valence-corrected chi connectivity index (χ2v) is 10.5. The van der Waals surface area contributed by atoms with Crippen LogP contribution in [0.5, 0.6) is 5.75 Å². The molecule has 0 aliphatic heterocycles. The van der Waals surface area contributed by atoms with Gasteiger partial charge in [0.25, 0.3) is 0 Å². The summed E-state index contributed by atoms with van der Waals surface area (Å²) in [5, 5.41) is 0.203. The smallest absolute Gasteiger partial charge is 0.399 e. The van der Waals surface area contributed by atoms with Gasteiger partial charge in [0.15, 0.2) is 11.6 Å². The van der Waals surface area contributed by atoms with Gasteiger partial charge in [0.2, 0.25) is 5.75 Å². The average molecular weight is 483 g/mol. The van der Waals surface area contributed by atoms with Crippen LogP contribution in [0.25, 0.3) is 10.8 Å². The maximum atomic E-state index is 14.5. The lowest BCUT2D eigenvalue weighted by Gasteiger charge is -2.32. The number of hydrogen-bond acceptors (Lipinski definition) is 1. The summed E-state index contributed by atoms with van der Waals surface area (Å²) in [5.41, 5.74) is 1.00. The molecular formula is C28H35F5O. The average Bonchev–Trinajstić information content (AvgIpc) is 2.81. The van der Waals surface area contributed by atoms with Gasteiger partial charge in [-0.25, -0.2) is 8.78 Å². The number of ether oxygens (including phenoxy) is 1. The van der Waals surface area contributed by atoms with Gasteiger partial charge < -0.3 is 4.74 Å². The molecule has 0 N–H and O–H groups in total. The number of rotatable bonds is 7. The van der Waals surface area contributed by atoms with E-state index in [1.54, 1.807) is 12.1 Å². The van der Waals surface area contributed by atoms with Gasteiger partial charge in [-0.15, -0.1) is 13.2 Å². The first kappa shape index (κ1) is 25.2. The Morgan fingerprint density at radius 1 is 0.794 bits per heavy atom. The largest absolute Gasteiger partial charge is 0.573 e. The van der Waals surface area contributed by atoms with Crippen LogP contribution in [0.1, 0.15) is 95.5 Å². The summed E-state index contributed by atoms with van der Waals surface area (Å²) in [6, 6.07) is 5.87. The number of hydrogen-bond donors (Lipinski definition) is 0. The van der Waals surface area contributed by atoms with Gasteiger partial charge >= 0.3 is 6.36 Å². The molecular weight excluding hydrogens is 447 g/mol. The van der Waals surface area contributed by atoms with Crippen molar-refractivity contribution in [3.05, 3.63) is 41.5 Å². The molecule has 1 nitrogen and oxygen atoms in total. The Morgan fingerprint density at radius 2 is 1.35 bits per heavy atom. The molecule has 0 aromatic heterocycles. The van der Waals surface area contributed by atoms with Crippen molar-refractivity contribution >= 4 is 10.8 Å². The van der Waals surface area contributed by atoms with Gasteiger partial charge in [0.05, 0.1) is 0 Å². The SMILES string of the molecule is CCCC1CCC(CCC2CCC(c3ccc4c(F)c(OC(F)(F)F)c(F)cc4c3)CC2)CC1. The third-order valence-electron chi connectivity index (χ3n) is 8.19. The highest BCUT2D eigenvalue weighted by molar-refractivity contribution is 5.85. The van der Waals surface area contributed by atoms with Crippen molar-refractivity contribution in [2.75, 3.05) is 0 Å². The lowest BCUT2D eigenvalue weighted by Crippen LogP contribution is -2.19. The van der Waals surface area contributed by atoms with Crippen LogP contribution in [-0.2, 0) is 0 Å². The summed E-state index contributed by atoms with van der Waals surface area (Å²) in [6.45, 7) is 2.28. The Balaban J connectivity index is 1.32. The lowest BCUT2D eigenvalue weighted by molar-refractivity contribution is -0.276. The zero-order valence-corrected chi connectivity index (χ0v) is 19.9. The Hall–Kier alpha value is -1.85. The Kier molecular flexibility index (Phi) is 8.04. The van der Waals surface area contributed by atoms with E-state index in [1.165, 1.54) is 57.4 Å². The first-order chi connectivity index (χ1) is 16.2. The molecule has 2 aromatic rings. The van der Waals surface area contributed by atoms with Crippen molar-refractivity contribution in [2.24, 2.45) is 17.8 Å². The lowest BCUT2D eigenvalue weighted by atomic mass is 9.74.